The molecule has 5 heteroatoms. The molecule has 0 amide bonds. The fourth-order valence-corrected chi connectivity index (χ4v) is 0.759. The van der Waals surface area contributed by atoms with Crippen LogP contribution >= 0.6 is 0 Å². The van der Waals surface area contributed by atoms with Gasteiger partial charge in [-0.3, -0.25) is 10.1 Å². The van der Waals surface area contributed by atoms with Crippen LogP contribution in [0.15, 0.2) is 40.7 Å². The molecule has 5 nitrogen and oxygen atoms in total. The molecule has 14 heavy (non-hydrogen) atoms. The Morgan fingerprint density at radius 3 is 3.00 bits per heavy atom. The van der Waals surface area contributed by atoms with Gasteiger partial charge in [0.1, 0.15) is 5.76 Å². The SMILES string of the molecule is N#C/C(=C/C=C/c1ccco1)[N+](=O)[O-]. The predicted octanol–water partition coefficient (Wildman–Crippen LogP) is 1.98. The number of nitriles is 1. The Balaban J connectivity index is 2.71. The van der Waals surface area contributed by atoms with Gasteiger partial charge in [-0.05, 0) is 18.2 Å². The van der Waals surface area contributed by atoms with E-state index >= 15 is 0 Å². The third-order valence-electron chi connectivity index (χ3n) is 1.37. The van der Waals surface area contributed by atoms with Gasteiger partial charge < -0.3 is 4.42 Å². The summed E-state index contributed by atoms with van der Waals surface area (Å²) in [6.45, 7) is 0. The molecule has 1 rings (SSSR count). The van der Waals surface area contributed by atoms with Crippen LogP contribution < -0.4 is 0 Å². The lowest BCUT2D eigenvalue weighted by atomic mass is 10.3. The van der Waals surface area contributed by atoms with Gasteiger partial charge in [0.2, 0.25) is 0 Å². The summed E-state index contributed by atoms with van der Waals surface area (Å²) in [5, 5.41) is 18.5. The molecule has 0 N–H and O–H groups in total. The van der Waals surface area contributed by atoms with Gasteiger partial charge in [0.15, 0.2) is 6.07 Å². The minimum atomic E-state index is -0.744. The van der Waals surface area contributed by atoms with Crippen molar-refractivity contribution in [3.63, 3.8) is 0 Å². The van der Waals surface area contributed by atoms with Crippen molar-refractivity contribution in [3.8, 4) is 6.07 Å². The highest BCUT2D eigenvalue weighted by Crippen LogP contribution is 2.03. The summed E-state index contributed by atoms with van der Waals surface area (Å²) in [5.74, 6) is 0.571. The first-order chi connectivity index (χ1) is 6.74. The molecule has 0 bridgehead atoms. The number of hydrogen-bond acceptors (Lipinski definition) is 4. The Kier molecular flexibility index (Phi) is 3.21. The minimum Gasteiger partial charge on any atom is -0.465 e. The Morgan fingerprint density at radius 1 is 1.71 bits per heavy atom. The van der Waals surface area contributed by atoms with Crippen LogP contribution in [0.4, 0.5) is 0 Å². The van der Waals surface area contributed by atoms with Crippen molar-refractivity contribution in [2.45, 2.75) is 0 Å². The Morgan fingerprint density at radius 2 is 2.50 bits per heavy atom. The zero-order valence-corrected chi connectivity index (χ0v) is 7.08. The van der Waals surface area contributed by atoms with Crippen LogP contribution in [0.5, 0.6) is 0 Å². The molecule has 0 aromatic carbocycles. The Bertz CT molecular complexity index is 410. The predicted molar refractivity (Wildman–Crippen MR) is 48.4 cm³/mol. The third kappa shape index (κ3) is 2.60. The zero-order valence-electron chi connectivity index (χ0n) is 7.08. The van der Waals surface area contributed by atoms with Crippen molar-refractivity contribution < 1.29 is 9.34 Å². The largest absolute Gasteiger partial charge is 0.465 e. The van der Waals surface area contributed by atoms with Crippen LogP contribution in [0, 0.1) is 21.4 Å². The number of nitro groups is 1. The van der Waals surface area contributed by atoms with Crippen molar-refractivity contribution in [1.29, 1.82) is 5.26 Å². The van der Waals surface area contributed by atoms with Crippen molar-refractivity contribution in [2.75, 3.05) is 0 Å². The monoisotopic (exact) mass is 190 g/mol. The van der Waals surface area contributed by atoms with Crippen molar-refractivity contribution in [3.05, 3.63) is 52.1 Å². The lowest BCUT2D eigenvalue weighted by Crippen LogP contribution is -1.94. The number of allylic oxidation sites excluding steroid dienone is 3. The van der Waals surface area contributed by atoms with Gasteiger partial charge >= 0.3 is 5.70 Å². The third-order valence-corrected chi connectivity index (χ3v) is 1.37. The maximum atomic E-state index is 10.2. The first-order valence-electron chi connectivity index (χ1n) is 3.70. The lowest BCUT2D eigenvalue weighted by Gasteiger charge is -1.82. The topological polar surface area (TPSA) is 80.1 Å². The second kappa shape index (κ2) is 4.62. The molecular formula is C9H6N2O3. The van der Waals surface area contributed by atoms with Gasteiger partial charge in [-0.15, -0.1) is 0 Å². The van der Waals surface area contributed by atoms with Crippen LogP contribution in [0.3, 0.4) is 0 Å². The standard InChI is InChI=1S/C9H6N2O3/c10-7-8(11(12)13)3-1-4-9-5-2-6-14-9/h1-6H/b4-1+,8-3-. The maximum Gasteiger partial charge on any atom is 0.345 e. The summed E-state index contributed by atoms with van der Waals surface area (Å²) >= 11 is 0. The van der Waals surface area contributed by atoms with E-state index in [1.807, 2.05) is 0 Å². The molecule has 1 heterocycles. The van der Waals surface area contributed by atoms with E-state index in [9.17, 15) is 10.1 Å². The van der Waals surface area contributed by atoms with E-state index in [4.69, 9.17) is 9.68 Å². The normalized spacial score (nSPS) is 11.5. The van der Waals surface area contributed by atoms with Gasteiger partial charge in [-0.25, -0.2) is 0 Å². The maximum absolute atomic E-state index is 10.2. The summed E-state index contributed by atoms with van der Waals surface area (Å²) in [7, 11) is 0. The zero-order chi connectivity index (χ0) is 10.4. The number of rotatable bonds is 3. The van der Waals surface area contributed by atoms with Gasteiger partial charge in [-0.1, -0.05) is 6.08 Å². The van der Waals surface area contributed by atoms with Crippen LogP contribution in [0.1, 0.15) is 5.76 Å². The molecule has 0 unspecified atom stereocenters. The number of hydrogen-bond donors (Lipinski definition) is 0. The highest BCUT2D eigenvalue weighted by molar-refractivity contribution is 5.45. The first-order valence-corrected chi connectivity index (χ1v) is 3.70. The van der Waals surface area contributed by atoms with E-state index in [2.05, 4.69) is 0 Å². The molecule has 0 spiro atoms. The fraction of sp³-hybridized carbons (Fsp3) is 0. The van der Waals surface area contributed by atoms with E-state index in [-0.39, 0.29) is 0 Å². The average molecular weight is 190 g/mol. The van der Waals surface area contributed by atoms with Gasteiger partial charge in [0.05, 0.1) is 11.2 Å². The highest BCUT2D eigenvalue weighted by Gasteiger charge is 2.05. The molecular weight excluding hydrogens is 184 g/mol. The summed E-state index contributed by atoms with van der Waals surface area (Å²) in [4.78, 5) is 9.44. The van der Waals surface area contributed by atoms with E-state index in [1.54, 1.807) is 12.1 Å². The van der Waals surface area contributed by atoms with Gasteiger partial charge in [0, 0.05) is 6.08 Å². The van der Waals surface area contributed by atoms with Crippen LogP contribution in [0.25, 0.3) is 6.08 Å². The summed E-state index contributed by atoms with van der Waals surface area (Å²) in [6, 6.07) is 4.86. The average Bonchev–Trinajstić information content (AvgIpc) is 2.64. The molecule has 0 atom stereocenters. The molecule has 1 aromatic heterocycles. The van der Waals surface area contributed by atoms with Crippen LogP contribution in [0.2, 0.25) is 0 Å². The smallest absolute Gasteiger partial charge is 0.345 e. The van der Waals surface area contributed by atoms with Gasteiger partial charge in [0.25, 0.3) is 0 Å². The molecule has 0 saturated carbocycles. The molecule has 0 aliphatic carbocycles. The second-order valence-corrected chi connectivity index (χ2v) is 2.30. The molecule has 1 aromatic rings. The van der Waals surface area contributed by atoms with E-state index < -0.39 is 10.6 Å². The van der Waals surface area contributed by atoms with Gasteiger partial charge in [-0.2, -0.15) is 5.26 Å². The number of furan rings is 1. The lowest BCUT2D eigenvalue weighted by molar-refractivity contribution is -0.417. The van der Waals surface area contributed by atoms with E-state index in [1.165, 1.54) is 24.5 Å². The Labute approximate surface area is 79.7 Å². The molecule has 70 valence electrons. The van der Waals surface area contributed by atoms with Crippen LogP contribution in [-0.2, 0) is 0 Å². The van der Waals surface area contributed by atoms with Crippen molar-refractivity contribution >= 4 is 6.08 Å². The van der Waals surface area contributed by atoms with Crippen LogP contribution in [-0.4, -0.2) is 4.92 Å². The molecule has 0 aliphatic rings. The van der Waals surface area contributed by atoms with E-state index in [0.29, 0.717) is 5.76 Å². The highest BCUT2D eigenvalue weighted by atomic mass is 16.6. The Hall–Kier alpha value is -2.35. The summed E-state index contributed by atoms with van der Waals surface area (Å²) < 4.78 is 4.94. The molecule has 0 radical (unpaired) electrons. The first kappa shape index (κ1) is 9.74. The molecule has 0 aliphatic heterocycles. The quantitative estimate of drug-likeness (QED) is 0.316. The summed E-state index contributed by atoms with van der Waals surface area (Å²) in [5.41, 5.74) is -0.507. The van der Waals surface area contributed by atoms with Crippen molar-refractivity contribution in [1.82, 2.24) is 0 Å². The number of nitrogens with zero attached hydrogens (tertiary/aromatic N) is 2. The summed E-state index contributed by atoms with van der Waals surface area (Å²) in [6.07, 6.45) is 5.52. The minimum absolute atomic E-state index is 0.507. The van der Waals surface area contributed by atoms with Crippen molar-refractivity contribution in [2.24, 2.45) is 0 Å². The fourth-order valence-electron chi connectivity index (χ4n) is 0.759. The second-order valence-electron chi connectivity index (χ2n) is 2.30. The van der Waals surface area contributed by atoms with E-state index in [0.717, 1.165) is 6.08 Å². The molecule has 0 fully saturated rings. The molecule has 0 saturated heterocycles.